The quantitative estimate of drug-likeness (QED) is 0.559. The molecule has 0 aromatic carbocycles. The van der Waals surface area contributed by atoms with Crippen molar-refractivity contribution >= 4 is 5.78 Å². The highest BCUT2D eigenvalue weighted by Crippen LogP contribution is 2.37. The second-order valence-electron chi connectivity index (χ2n) is 4.55. The monoisotopic (exact) mass is 172 g/mol. The molecular formula is C9H16O3. The van der Waals surface area contributed by atoms with Crippen LogP contribution in [0.1, 0.15) is 33.6 Å². The number of Topliss-reactive ketones (excluding diaryl/α,β-unsaturated/α-hetero) is 1. The minimum atomic E-state index is -1.35. The fraction of sp³-hybridized carbons (Fsp3) is 0.889. The summed E-state index contributed by atoms with van der Waals surface area (Å²) in [6, 6.07) is 0. The molecule has 2 N–H and O–H groups in total. The van der Waals surface area contributed by atoms with Gasteiger partial charge in [-0.15, -0.1) is 0 Å². The van der Waals surface area contributed by atoms with Crippen LogP contribution < -0.4 is 0 Å². The summed E-state index contributed by atoms with van der Waals surface area (Å²) in [4.78, 5) is 11.6. The van der Waals surface area contributed by atoms with Crippen LogP contribution in [0.2, 0.25) is 0 Å². The van der Waals surface area contributed by atoms with Crippen molar-refractivity contribution in [3.63, 3.8) is 0 Å². The van der Waals surface area contributed by atoms with Crippen molar-refractivity contribution in [2.75, 3.05) is 0 Å². The van der Waals surface area contributed by atoms with Gasteiger partial charge < -0.3 is 10.2 Å². The second-order valence-corrected chi connectivity index (χ2v) is 4.55. The van der Waals surface area contributed by atoms with Gasteiger partial charge in [-0.3, -0.25) is 4.79 Å². The molecule has 1 aliphatic carbocycles. The summed E-state index contributed by atoms with van der Waals surface area (Å²) in [5, 5.41) is 19.0. The van der Waals surface area contributed by atoms with E-state index in [1.165, 1.54) is 6.92 Å². The molecule has 0 aromatic rings. The van der Waals surface area contributed by atoms with Crippen molar-refractivity contribution in [2.24, 2.45) is 5.41 Å². The predicted octanol–water partition coefficient (Wildman–Crippen LogP) is 0.487. The summed E-state index contributed by atoms with van der Waals surface area (Å²) in [5.41, 5.74) is -1.94. The average molecular weight is 172 g/mol. The summed E-state index contributed by atoms with van der Waals surface area (Å²) >= 11 is 0. The van der Waals surface area contributed by atoms with Crippen molar-refractivity contribution in [1.29, 1.82) is 0 Å². The molecule has 70 valence electrons. The van der Waals surface area contributed by atoms with Gasteiger partial charge >= 0.3 is 0 Å². The lowest BCUT2D eigenvalue weighted by Gasteiger charge is -2.40. The van der Waals surface area contributed by atoms with Crippen LogP contribution in [0.15, 0.2) is 0 Å². The van der Waals surface area contributed by atoms with E-state index >= 15 is 0 Å². The second kappa shape index (κ2) is 2.54. The number of rotatable bonds is 0. The van der Waals surface area contributed by atoms with E-state index in [0.29, 0.717) is 6.42 Å². The van der Waals surface area contributed by atoms with Crippen LogP contribution in [0, 0.1) is 5.41 Å². The normalized spacial score (nSPS) is 41.4. The van der Waals surface area contributed by atoms with Gasteiger partial charge in [0.2, 0.25) is 0 Å². The first-order valence-corrected chi connectivity index (χ1v) is 4.21. The zero-order chi connectivity index (χ0) is 9.57. The maximum absolute atomic E-state index is 11.6. The molecule has 1 rings (SSSR count). The molecule has 1 saturated carbocycles. The largest absolute Gasteiger partial charge is 0.393 e. The Morgan fingerprint density at radius 1 is 1.33 bits per heavy atom. The van der Waals surface area contributed by atoms with E-state index < -0.39 is 17.1 Å². The lowest BCUT2D eigenvalue weighted by molar-refractivity contribution is -0.157. The van der Waals surface area contributed by atoms with Gasteiger partial charge in [0.25, 0.3) is 0 Å². The Hall–Kier alpha value is -0.410. The number of ketones is 1. The van der Waals surface area contributed by atoms with Crippen LogP contribution in [-0.4, -0.2) is 27.7 Å². The maximum atomic E-state index is 11.6. The van der Waals surface area contributed by atoms with E-state index in [9.17, 15) is 15.0 Å². The van der Waals surface area contributed by atoms with Gasteiger partial charge in [0.15, 0.2) is 5.78 Å². The molecule has 0 bridgehead atoms. The maximum Gasteiger partial charge on any atom is 0.169 e. The van der Waals surface area contributed by atoms with Gasteiger partial charge in [-0.2, -0.15) is 0 Å². The molecule has 0 heterocycles. The van der Waals surface area contributed by atoms with Gasteiger partial charge in [-0.25, -0.2) is 0 Å². The highest BCUT2D eigenvalue weighted by Gasteiger charge is 2.47. The molecule has 12 heavy (non-hydrogen) atoms. The Bertz CT molecular complexity index is 186. The van der Waals surface area contributed by atoms with Crippen molar-refractivity contribution in [2.45, 2.75) is 45.3 Å². The van der Waals surface area contributed by atoms with Crippen LogP contribution in [0.3, 0.4) is 0 Å². The molecule has 0 aliphatic heterocycles. The third-order valence-electron chi connectivity index (χ3n) is 2.48. The minimum absolute atomic E-state index is 0.162. The number of carbonyl (C=O) groups is 1. The molecule has 0 spiro atoms. The van der Waals surface area contributed by atoms with Crippen LogP contribution in [0.4, 0.5) is 0 Å². The summed E-state index contributed by atoms with van der Waals surface area (Å²) in [5.74, 6) is -0.166. The van der Waals surface area contributed by atoms with Crippen LogP contribution >= 0.6 is 0 Å². The van der Waals surface area contributed by atoms with Gasteiger partial charge in [0.1, 0.15) is 5.60 Å². The molecule has 0 radical (unpaired) electrons. The highest BCUT2D eigenvalue weighted by molar-refractivity contribution is 5.92. The third-order valence-corrected chi connectivity index (χ3v) is 2.48. The first-order chi connectivity index (χ1) is 5.26. The smallest absolute Gasteiger partial charge is 0.169 e. The standard InChI is InChI=1S/C9H16O3/c1-8(2)4-6(10)5-9(3,12)7(8)11/h6,10,12H,4-5H2,1-3H3. The highest BCUT2D eigenvalue weighted by atomic mass is 16.3. The first-order valence-electron chi connectivity index (χ1n) is 4.21. The van der Waals surface area contributed by atoms with E-state index in [-0.39, 0.29) is 12.2 Å². The molecule has 2 atom stereocenters. The predicted molar refractivity (Wildman–Crippen MR) is 44.7 cm³/mol. The zero-order valence-corrected chi connectivity index (χ0v) is 7.79. The fourth-order valence-electron chi connectivity index (χ4n) is 2.03. The Kier molecular flexibility index (Phi) is 2.05. The molecule has 1 fully saturated rings. The Balaban J connectivity index is 2.91. The Labute approximate surface area is 72.4 Å². The topological polar surface area (TPSA) is 57.5 Å². The Morgan fingerprint density at radius 3 is 2.25 bits per heavy atom. The van der Waals surface area contributed by atoms with E-state index in [4.69, 9.17) is 0 Å². The molecule has 3 heteroatoms. The first kappa shape index (κ1) is 9.68. The van der Waals surface area contributed by atoms with Gasteiger partial charge in [0.05, 0.1) is 6.10 Å². The van der Waals surface area contributed by atoms with E-state index in [1.54, 1.807) is 13.8 Å². The van der Waals surface area contributed by atoms with Crippen LogP contribution in [0.25, 0.3) is 0 Å². The number of hydrogen-bond acceptors (Lipinski definition) is 3. The van der Waals surface area contributed by atoms with Crippen LogP contribution in [-0.2, 0) is 4.79 Å². The molecule has 3 nitrogen and oxygen atoms in total. The van der Waals surface area contributed by atoms with Crippen molar-refractivity contribution in [3.8, 4) is 0 Å². The van der Waals surface area contributed by atoms with Crippen molar-refractivity contribution < 1.29 is 15.0 Å². The molecule has 0 amide bonds. The molecule has 0 aromatic heterocycles. The molecule has 2 unspecified atom stereocenters. The summed E-state index contributed by atoms with van der Waals surface area (Å²) < 4.78 is 0. The fourth-order valence-corrected chi connectivity index (χ4v) is 2.03. The minimum Gasteiger partial charge on any atom is -0.393 e. The van der Waals surface area contributed by atoms with Crippen LogP contribution in [0.5, 0.6) is 0 Å². The third kappa shape index (κ3) is 1.52. The van der Waals surface area contributed by atoms with Gasteiger partial charge in [-0.05, 0) is 13.3 Å². The molecule has 1 aliphatic rings. The van der Waals surface area contributed by atoms with Crippen molar-refractivity contribution in [3.05, 3.63) is 0 Å². The lowest BCUT2D eigenvalue weighted by atomic mass is 9.68. The SMILES string of the molecule is CC1(C)CC(O)CC(C)(O)C1=O. The zero-order valence-electron chi connectivity index (χ0n) is 7.79. The lowest BCUT2D eigenvalue weighted by Crippen LogP contribution is -2.52. The number of carbonyl (C=O) groups excluding carboxylic acids is 1. The van der Waals surface area contributed by atoms with Crippen molar-refractivity contribution in [1.82, 2.24) is 0 Å². The molecule has 0 saturated heterocycles. The van der Waals surface area contributed by atoms with Gasteiger partial charge in [0, 0.05) is 11.8 Å². The number of hydrogen-bond donors (Lipinski definition) is 2. The van der Waals surface area contributed by atoms with E-state index in [0.717, 1.165) is 0 Å². The average Bonchev–Trinajstić information content (AvgIpc) is 1.80. The molecular weight excluding hydrogens is 156 g/mol. The summed E-state index contributed by atoms with van der Waals surface area (Å²) in [7, 11) is 0. The summed E-state index contributed by atoms with van der Waals surface area (Å²) in [6.07, 6.45) is 0.0461. The number of aliphatic hydroxyl groups is 2. The number of aliphatic hydroxyl groups excluding tert-OH is 1. The van der Waals surface area contributed by atoms with E-state index in [1.807, 2.05) is 0 Å². The van der Waals surface area contributed by atoms with Gasteiger partial charge in [-0.1, -0.05) is 13.8 Å². The summed E-state index contributed by atoms with van der Waals surface area (Å²) in [6.45, 7) is 4.98. The van der Waals surface area contributed by atoms with E-state index in [2.05, 4.69) is 0 Å². The Morgan fingerprint density at radius 2 is 1.83 bits per heavy atom.